The van der Waals surface area contributed by atoms with Gasteiger partial charge in [-0.05, 0) is 41.8 Å². The fraction of sp³-hybridized carbons (Fsp3) is 0.294. The van der Waals surface area contributed by atoms with E-state index in [1.165, 1.54) is 45.3 Å². The zero-order valence-corrected chi connectivity index (χ0v) is 17.1. The molecule has 2 atom stereocenters. The first kappa shape index (κ1) is 22.9. The molecule has 29 heavy (non-hydrogen) atoms. The summed E-state index contributed by atoms with van der Waals surface area (Å²) in [6.45, 7) is 1.48. The second-order valence-corrected chi connectivity index (χ2v) is 7.47. The molecule has 1 aromatic heterocycles. The Morgan fingerprint density at radius 3 is 2.34 bits per heavy atom. The van der Waals surface area contributed by atoms with Gasteiger partial charge in [0.2, 0.25) is 5.88 Å². The van der Waals surface area contributed by atoms with Crippen LogP contribution in [0, 0.1) is 0 Å². The van der Waals surface area contributed by atoms with E-state index < -0.39 is 31.9 Å². The van der Waals surface area contributed by atoms with Gasteiger partial charge in [-0.25, -0.2) is 4.98 Å². The second-order valence-electron chi connectivity index (χ2n) is 5.62. The number of amides is 1. The first-order valence-electron chi connectivity index (χ1n) is 7.99. The van der Waals surface area contributed by atoms with Crippen molar-refractivity contribution in [3.8, 4) is 17.4 Å². The van der Waals surface area contributed by atoms with Crippen molar-refractivity contribution >= 4 is 25.7 Å². The van der Waals surface area contributed by atoms with Gasteiger partial charge in [0.1, 0.15) is 16.5 Å². The molecule has 0 saturated heterocycles. The third kappa shape index (κ3) is 6.03. The number of hydrogen-bond acceptors (Lipinski definition) is 6. The molecule has 2 aromatic rings. The number of hydrogen-bond donors (Lipinski definition) is 0. The fourth-order valence-corrected chi connectivity index (χ4v) is 2.85. The van der Waals surface area contributed by atoms with Crippen molar-refractivity contribution in [2.45, 2.75) is 19.2 Å². The molecule has 12 heteroatoms. The molecule has 0 aliphatic heterocycles. The summed E-state index contributed by atoms with van der Waals surface area (Å²) in [6.07, 6.45) is -4.88. The van der Waals surface area contributed by atoms with Gasteiger partial charge in [0.05, 0.1) is 19.7 Å². The maximum atomic E-state index is 12.6. The standard InChI is InChI=1S/C17H16ClF3N2O5P/c1-10(16(24)23(2)29(25)26-3)27-12-4-6-13(7-5-12)28-15-14(18)8-11(9-22-15)17(19,20)21/h4-10H,1-3H3/q+1. The van der Waals surface area contributed by atoms with E-state index >= 15 is 0 Å². The molecule has 7 nitrogen and oxygen atoms in total. The fourth-order valence-electron chi connectivity index (χ4n) is 2.07. The van der Waals surface area contributed by atoms with Crippen LogP contribution in [0.5, 0.6) is 17.4 Å². The van der Waals surface area contributed by atoms with E-state index in [9.17, 15) is 22.5 Å². The van der Waals surface area contributed by atoms with Gasteiger partial charge < -0.3 is 9.47 Å². The highest BCUT2D eigenvalue weighted by Gasteiger charge is 2.34. The largest absolute Gasteiger partial charge is 0.648 e. The Balaban J connectivity index is 2.04. The molecule has 1 amide bonds. The summed E-state index contributed by atoms with van der Waals surface area (Å²) in [4.78, 5) is 15.7. The summed E-state index contributed by atoms with van der Waals surface area (Å²) in [5, 5.41) is -0.297. The lowest BCUT2D eigenvalue weighted by atomic mass is 10.3. The highest BCUT2D eigenvalue weighted by molar-refractivity contribution is 7.37. The number of aromatic nitrogens is 1. The molecule has 2 unspecified atom stereocenters. The topological polar surface area (TPSA) is 78.0 Å². The van der Waals surface area contributed by atoms with Gasteiger partial charge in [0, 0.05) is 6.20 Å². The molecule has 0 aliphatic rings. The highest BCUT2D eigenvalue weighted by atomic mass is 35.5. The monoisotopic (exact) mass is 451 g/mol. The average Bonchev–Trinajstić information content (AvgIpc) is 2.68. The van der Waals surface area contributed by atoms with Gasteiger partial charge >= 0.3 is 20.3 Å². The molecule has 0 aliphatic carbocycles. The normalized spacial score (nSPS) is 12.9. The first-order chi connectivity index (χ1) is 13.5. The molecule has 0 saturated carbocycles. The van der Waals surface area contributed by atoms with Crippen molar-refractivity contribution in [1.29, 1.82) is 0 Å². The van der Waals surface area contributed by atoms with Crippen LogP contribution in [0.15, 0.2) is 36.5 Å². The second kappa shape index (κ2) is 9.39. The van der Waals surface area contributed by atoms with Gasteiger partial charge in [-0.1, -0.05) is 11.6 Å². The summed E-state index contributed by atoms with van der Waals surface area (Å²) in [6, 6.07) is 6.60. The minimum Gasteiger partial charge on any atom is -0.481 e. The number of ether oxygens (including phenoxy) is 2. The number of halogens is 4. The molecule has 0 fully saturated rings. The summed E-state index contributed by atoms with van der Waals surface area (Å²) in [5.41, 5.74) is -0.988. The Hall–Kier alpha value is -2.42. The van der Waals surface area contributed by atoms with Crippen LogP contribution in [0.2, 0.25) is 5.02 Å². The van der Waals surface area contributed by atoms with Crippen LogP contribution in [-0.2, 0) is 20.1 Å². The SMILES string of the molecule is CO[P+](=O)N(C)C(=O)C(C)Oc1ccc(Oc2ncc(C(F)(F)F)cc2Cl)cc1. The molecule has 0 bridgehead atoms. The third-order valence-electron chi connectivity index (χ3n) is 3.55. The van der Waals surface area contributed by atoms with Crippen LogP contribution >= 0.6 is 19.8 Å². The highest BCUT2D eigenvalue weighted by Crippen LogP contribution is 2.35. The minimum absolute atomic E-state index is 0.193. The van der Waals surface area contributed by atoms with E-state index in [1.54, 1.807) is 0 Å². The lowest BCUT2D eigenvalue weighted by molar-refractivity contribution is -0.137. The van der Waals surface area contributed by atoms with Crippen molar-refractivity contribution in [2.24, 2.45) is 0 Å². The third-order valence-corrected chi connectivity index (χ3v) is 4.82. The quantitative estimate of drug-likeness (QED) is 0.547. The van der Waals surface area contributed by atoms with Crippen LogP contribution < -0.4 is 9.47 Å². The molecule has 1 aromatic carbocycles. The van der Waals surface area contributed by atoms with Crippen molar-refractivity contribution in [1.82, 2.24) is 9.65 Å². The molecular weight excluding hydrogens is 436 g/mol. The van der Waals surface area contributed by atoms with Crippen molar-refractivity contribution in [2.75, 3.05) is 14.2 Å². The van der Waals surface area contributed by atoms with Gasteiger partial charge in [-0.3, -0.25) is 4.79 Å². The smallest absolute Gasteiger partial charge is 0.481 e. The van der Waals surface area contributed by atoms with Gasteiger partial charge in [-0.2, -0.15) is 13.2 Å². The van der Waals surface area contributed by atoms with Crippen LogP contribution in [0.25, 0.3) is 0 Å². The number of carbonyl (C=O) groups is 1. The summed E-state index contributed by atoms with van der Waals surface area (Å²) >= 11 is 5.80. The van der Waals surface area contributed by atoms with Gasteiger partial charge in [0.15, 0.2) is 6.10 Å². The zero-order valence-electron chi connectivity index (χ0n) is 15.4. The Morgan fingerprint density at radius 1 is 1.24 bits per heavy atom. The van der Waals surface area contributed by atoms with Gasteiger partial charge in [0.25, 0.3) is 0 Å². The number of carbonyl (C=O) groups excluding carboxylic acids is 1. The predicted molar refractivity (Wildman–Crippen MR) is 98.2 cm³/mol. The predicted octanol–water partition coefficient (Wildman–Crippen LogP) is 5.08. The van der Waals surface area contributed by atoms with Crippen molar-refractivity contribution in [3.63, 3.8) is 0 Å². The molecule has 0 N–H and O–H groups in total. The molecular formula is C17H16ClF3N2O5P+. The van der Waals surface area contributed by atoms with Gasteiger partial charge in [-0.15, -0.1) is 9.19 Å². The molecule has 156 valence electrons. The summed E-state index contributed by atoms with van der Waals surface area (Å²) in [5.74, 6) is -0.188. The van der Waals surface area contributed by atoms with Crippen LogP contribution in [-0.4, -0.2) is 35.8 Å². The number of benzene rings is 1. The minimum atomic E-state index is -4.56. The molecule has 1 heterocycles. The number of pyridine rings is 1. The summed E-state index contributed by atoms with van der Waals surface area (Å²) in [7, 11) is 0.246. The van der Waals surface area contributed by atoms with E-state index in [0.717, 1.165) is 10.7 Å². The van der Waals surface area contributed by atoms with E-state index in [4.69, 9.17) is 21.1 Å². The Bertz CT molecular complexity index is 896. The lowest BCUT2D eigenvalue weighted by Gasteiger charge is -2.15. The Labute approximate surface area is 170 Å². The van der Waals surface area contributed by atoms with Crippen molar-refractivity contribution < 1.29 is 36.5 Å². The van der Waals surface area contributed by atoms with E-state index in [0.29, 0.717) is 11.9 Å². The first-order valence-corrected chi connectivity index (χ1v) is 9.50. The maximum Gasteiger partial charge on any atom is 0.648 e. The zero-order chi connectivity index (χ0) is 21.8. The van der Waals surface area contributed by atoms with E-state index in [2.05, 4.69) is 9.51 Å². The number of rotatable bonds is 7. The molecule has 0 radical (unpaired) electrons. The number of likely N-dealkylation sites (N-methyl/N-ethyl adjacent to an activating group) is 1. The Morgan fingerprint density at radius 2 is 1.83 bits per heavy atom. The molecule has 2 rings (SSSR count). The van der Waals surface area contributed by atoms with E-state index in [1.807, 2.05) is 0 Å². The maximum absolute atomic E-state index is 12.6. The number of alkyl halides is 3. The van der Waals surface area contributed by atoms with Crippen LogP contribution in [0.1, 0.15) is 12.5 Å². The molecule has 0 spiro atoms. The summed E-state index contributed by atoms with van der Waals surface area (Å²) < 4.78 is 65.8. The Kier molecular flexibility index (Phi) is 7.40. The average molecular weight is 452 g/mol. The van der Waals surface area contributed by atoms with Crippen LogP contribution in [0.3, 0.4) is 0 Å². The van der Waals surface area contributed by atoms with E-state index in [-0.39, 0.29) is 16.7 Å². The lowest BCUT2D eigenvalue weighted by Crippen LogP contribution is -2.34. The van der Waals surface area contributed by atoms with Crippen molar-refractivity contribution in [3.05, 3.63) is 47.1 Å². The van der Waals surface area contributed by atoms with Crippen LogP contribution in [0.4, 0.5) is 13.2 Å². The number of nitrogens with zero attached hydrogens (tertiary/aromatic N) is 2.